The van der Waals surface area contributed by atoms with Crippen molar-refractivity contribution in [3.8, 4) is 5.82 Å². The number of aromatic nitrogens is 6. The first-order valence-electron chi connectivity index (χ1n) is 10.0. The van der Waals surface area contributed by atoms with Gasteiger partial charge >= 0.3 is 0 Å². The third kappa shape index (κ3) is 3.73. The number of aromatic amines is 1. The Labute approximate surface area is 173 Å². The molecule has 4 aromatic rings. The van der Waals surface area contributed by atoms with Crippen LogP contribution in [0.3, 0.4) is 0 Å². The zero-order valence-corrected chi connectivity index (χ0v) is 16.4. The van der Waals surface area contributed by atoms with Crippen LogP contribution in [0.2, 0.25) is 0 Å². The second kappa shape index (κ2) is 7.94. The van der Waals surface area contributed by atoms with Crippen molar-refractivity contribution in [2.24, 2.45) is 5.92 Å². The summed E-state index contributed by atoms with van der Waals surface area (Å²) < 4.78 is 1.70. The predicted molar refractivity (Wildman–Crippen MR) is 112 cm³/mol. The van der Waals surface area contributed by atoms with Crippen molar-refractivity contribution in [2.45, 2.75) is 19.4 Å². The smallest absolute Gasteiger partial charge is 0.225 e. The quantitative estimate of drug-likeness (QED) is 0.530. The summed E-state index contributed by atoms with van der Waals surface area (Å²) in [6.45, 7) is 1.88. The molecule has 0 saturated carbocycles. The van der Waals surface area contributed by atoms with E-state index in [1.54, 1.807) is 10.9 Å². The molecule has 5 rings (SSSR count). The number of benzene rings is 1. The summed E-state index contributed by atoms with van der Waals surface area (Å²) in [6, 6.07) is 11.6. The highest BCUT2D eigenvalue weighted by Gasteiger charge is 2.27. The minimum atomic E-state index is -0.0914. The van der Waals surface area contributed by atoms with E-state index in [-0.39, 0.29) is 11.8 Å². The van der Waals surface area contributed by atoms with Gasteiger partial charge in [0.15, 0.2) is 5.82 Å². The van der Waals surface area contributed by atoms with Crippen LogP contribution in [0.4, 0.5) is 5.82 Å². The van der Waals surface area contributed by atoms with E-state index in [0.717, 1.165) is 42.1 Å². The van der Waals surface area contributed by atoms with E-state index >= 15 is 0 Å². The number of amides is 1. The minimum absolute atomic E-state index is 0.0431. The molecule has 30 heavy (non-hydrogen) atoms. The number of fused-ring (bicyclic) bond motifs is 1. The number of hydrogen-bond donors (Lipinski definition) is 2. The van der Waals surface area contributed by atoms with E-state index in [0.29, 0.717) is 18.9 Å². The van der Waals surface area contributed by atoms with Gasteiger partial charge in [0, 0.05) is 31.5 Å². The lowest BCUT2D eigenvalue weighted by atomic mass is 9.97. The van der Waals surface area contributed by atoms with Gasteiger partial charge in [-0.15, -0.1) is 0 Å². The predicted octanol–water partition coefficient (Wildman–Crippen LogP) is 2.07. The summed E-state index contributed by atoms with van der Waals surface area (Å²) in [5.41, 5.74) is 1.88. The van der Waals surface area contributed by atoms with Crippen LogP contribution in [0, 0.1) is 5.92 Å². The molecule has 1 aliphatic rings. The average Bonchev–Trinajstić information content (AvgIpc) is 3.47. The molecular formula is C21H22N8O. The fourth-order valence-corrected chi connectivity index (χ4v) is 3.84. The number of carbonyl (C=O) groups excluding carboxylic acids is 1. The second-order valence-electron chi connectivity index (χ2n) is 7.39. The molecule has 9 nitrogen and oxygen atoms in total. The maximum absolute atomic E-state index is 12.8. The Balaban J connectivity index is 1.24. The molecule has 1 amide bonds. The van der Waals surface area contributed by atoms with Crippen LogP contribution in [0.25, 0.3) is 16.9 Å². The van der Waals surface area contributed by atoms with Gasteiger partial charge in [-0.3, -0.25) is 4.79 Å². The fourth-order valence-electron chi connectivity index (χ4n) is 3.84. The van der Waals surface area contributed by atoms with Crippen molar-refractivity contribution in [3.63, 3.8) is 0 Å². The molecule has 2 N–H and O–H groups in total. The Morgan fingerprint density at radius 2 is 2.10 bits per heavy atom. The summed E-state index contributed by atoms with van der Waals surface area (Å²) >= 11 is 0. The van der Waals surface area contributed by atoms with Crippen molar-refractivity contribution in [3.05, 3.63) is 60.9 Å². The number of H-pyrrole nitrogens is 1. The molecule has 0 bridgehead atoms. The van der Waals surface area contributed by atoms with E-state index in [4.69, 9.17) is 0 Å². The van der Waals surface area contributed by atoms with E-state index in [1.807, 2.05) is 42.6 Å². The Morgan fingerprint density at radius 3 is 2.97 bits per heavy atom. The molecule has 1 saturated heterocycles. The first-order chi connectivity index (χ1) is 14.8. The SMILES string of the molecule is O=C(NCc1nc2ccccc2[nH]1)C1CCCN(c2cc(-n3cccn3)ncn2)C1. The van der Waals surface area contributed by atoms with Gasteiger partial charge in [0.05, 0.1) is 23.5 Å². The van der Waals surface area contributed by atoms with Crippen molar-refractivity contribution < 1.29 is 4.79 Å². The number of carbonyl (C=O) groups is 1. The molecule has 4 heterocycles. The summed E-state index contributed by atoms with van der Waals surface area (Å²) in [5, 5.41) is 7.25. The monoisotopic (exact) mass is 402 g/mol. The standard InChI is InChI=1S/C21H22N8O/c30-21(22-12-18-26-16-6-1-2-7-17(16)27-18)15-5-3-9-28(13-15)19-11-20(24-14-23-19)29-10-4-8-25-29/h1-2,4,6-8,10-11,14-15H,3,5,9,12-13H2,(H,22,30)(H,26,27). The maximum Gasteiger partial charge on any atom is 0.225 e. The number of nitrogens with one attached hydrogen (secondary N) is 2. The lowest BCUT2D eigenvalue weighted by Gasteiger charge is -2.32. The molecule has 3 aromatic heterocycles. The molecule has 0 radical (unpaired) electrons. The highest BCUT2D eigenvalue weighted by atomic mass is 16.1. The number of hydrogen-bond acceptors (Lipinski definition) is 6. The van der Waals surface area contributed by atoms with Crippen LogP contribution < -0.4 is 10.2 Å². The lowest BCUT2D eigenvalue weighted by Crippen LogP contribution is -2.43. The van der Waals surface area contributed by atoms with E-state index in [9.17, 15) is 4.79 Å². The first kappa shape index (κ1) is 18.3. The summed E-state index contributed by atoms with van der Waals surface area (Å²) in [6.07, 6.45) is 6.89. The van der Waals surface area contributed by atoms with Crippen LogP contribution in [-0.4, -0.2) is 48.7 Å². The third-order valence-corrected chi connectivity index (χ3v) is 5.36. The highest BCUT2D eigenvalue weighted by molar-refractivity contribution is 5.80. The van der Waals surface area contributed by atoms with Gasteiger partial charge in [-0.2, -0.15) is 5.10 Å². The van der Waals surface area contributed by atoms with Gasteiger partial charge in [0.1, 0.15) is 18.0 Å². The molecule has 0 aliphatic carbocycles. The molecule has 1 atom stereocenters. The normalized spacial score (nSPS) is 16.7. The van der Waals surface area contributed by atoms with E-state index < -0.39 is 0 Å². The number of piperidine rings is 1. The number of imidazole rings is 1. The maximum atomic E-state index is 12.8. The zero-order chi connectivity index (χ0) is 20.3. The summed E-state index contributed by atoms with van der Waals surface area (Å²) in [7, 11) is 0. The molecule has 1 fully saturated rings. The first-order valence-corrected chi connectivity index (χ1v) is 10.0. The van der Waals surface area contributed by atoms with Gasteiger partial charge in [-0.1, -0.05) is 12.1 Å². The highest BCUT2D eigenvalue weighted by Crippen LogP contribution is 2.22. The number of rotatable bonds is 5. The van der Waals surface area contributed by atoms with Gasteiger partial charge in [-0.05, 0) is 31.0 Å². The van der Waals surface area contributed by atoms with E-state index in [2.05, 4.69) is 35.3 Å². The summed E-state index contributed by atoms with van der Waals surface area (Å²) in [4.78, 5) is 31.4. The Bertz CT molecular complexity index is 1120. The van der Waals surface area contributed by atoms with Crippen molar-refractivity contribution in [1.29, 1.82) is 0 Å². The molecular weight excluding hydrogens is 380 g/mol. The third-order valence-electron chi connectivity index (χ3n) is 5.36. The number of anilines is 1. The Kier molecular flexibility index (Phi) is 4.84. The average molecular weight is 402 g/mol. The Hall–Kier alpha value is -3.75. The molecule has 0 spiro atoms. The van der Waals surface area contributed by atoms with Gasteiger partial charge < -0.3 is 15.2 Å². The van der Waals surface area contributed by atoms with Gasteiger partial charge in [0.2, 0.25) is 5.91 Å². The van der Waals surface area contributed by atoms with Crippen molar-refractivity contribution in [1.82, 2.24) is 35.0 Å². The Morgan fingerprint density at radius 1 is 1.20 bits per heavy atom. The van der Waals surface area contributed by atoms with Crippen LogP contribution in [0.15, 0.2) is 55.1 Å². The largest absolute Gasteiger partial charge is 0.356 e. The number of para-hydroxylation sites is 2. The molecule has 1 aliphatic heterocycles. The van der Waals surface area contributed by atoms with Crippen LogP contribution in [-0.2, 0) is 11.3 Å². The van der Waals surface area contributed by atoms with Gasteiger partial charge in [-0.25, -0.2) is 19.6 Å². The molecule has 1 aromatic carbocycles. The van der Waals surface area contributed by atoms with E-state index in [1.165, 1.54) is 6.33 Å². The van der Waals surface area contributed by atoms with Crippen LogP contribution in [0.5, 0.6) is 0 Å². The fraction of sp³-hybridized carbons (Fsp3) is 0.286. The number of nitrogens with zero attached hydrogens (tertiary/aromatic N) is 6. The molecule has 9 heteroatoms. The zero-order valence-electron chi connectivity index (χ0n) is 16.4. The van der Waals surface area contributed by atoms with Crippen molar-refractivity contribution >= 4 is 22.8 Å². The van der Waals surface area contributed by atoms with Crippen LogP contribution >= 0.6 is 0 Å². The summed E-state index contributed by atoms with van der Waals surface area (Å²) in [5.74, 6) is 2.23. The minimum Gasteiger partial charge on any atom is -0.356 e. The van der Waals surface area contributed by atoms with Crippen LogP contribution in [0.1, 0.15) is 18.7 Å². The van der Waals surface area contributed by atoms with Gasteiger partial charge in [0.25, 0.3) is 0 Å². The topological polar surface area (TPSA) is 105 Å². The van der Waals surface area contributed by atoms with Crippen molar-refractivity contribution in [2.75, 3.05) is 18.0 Å². The second-order valence-corrected chi connectivity index (χ2v) is 7.39. The molecule has 152 valence electrons. The lowest BCUT2D eigenvalue weighted by molar-refractivity contribution is -0.125. The molecule has 1 unspecified atom stereocenters.